The first-order valence-corrected chi connectivity index (χ1v) is 33.3. The highest BCUT2D eigenvalue weighted by atomic mass is 17.2. The molecule has 31 rings (SSSR count). The van der Waals surface area contributed by atoms with Gasteiger partial charge in [0, 0.05) is 66.8 Å². The Morgan fingerprint density at radius 1 is 0.228 bits per heavy atom. The minimum atomic E-state index is -2.61. The normalized spacial score (nSPS) is 28.5. The van der Waals surface area contributed by atoms with Crippen molar-refractivity contribution >= 4 is 215 Å². The van der Waals surface area contributed by atoms with Crippen molar-refractivity contribution in [3.8, 4) is 0 Å². The summed E-state index contributed by atoms with van der Waals surface area (Å²) in [4.78, 5) is 77.3. The highest BCUT2D eigenvalue weighted by molar-refractivity contribution is 6.77. The molecular weight excluding hydrogens is 1150 g/mol. The average molecular weight is 1200 g/mol. The number of benzene rings is 15. The number of ether oxygens (including phenoxy) is 1. The van der Waals surface area contributed by atoms with Gasteiger partial charge in [-0.1, -0.05) is 0 Å². The predicted octanol–water partition coefficient (Wildman–Crippen LogP) is 18.5. The van der Waals surface area contributed by atoms with Gasteiger partial charge in [-0.3, -0.25) is 0 Å². The SMILES string of the molecule is CC(C)(C)OO[C@]12C3=C4O[C@]5(O)C6=C3[C@]3(OOC(C)(C)C)c7c1c1c8c2c2c9c%10c(c%11c%12c%13c(c%14c%15c%16c(c3c3c7c7c1c1c%17c8c9c8c9c%10c%12c%10c%12c%13c%15c%13c%15c%16c3c3c7c1c1c(c%178)c(c9%10)c(c%13%12)c1c3%15)[C@@]6%14OOC(C)(C)C)[C@]%115OOC(C)(C)C)[C@@]42OOC(C)(C)C. The summed E-state index contributed by atoms with van der Waals surface area (Å²) in [6.07, 6.45) is 0. The predicted molar refractivity (Wildman–Crippen MR) is 352 cm³/mol. The van der Waals surface area contributed by atoms with Crippen LogP contribution in [-0.2, 0) is 81.6 Å². The maximum absolute atomic E-state index is 16.7. The summed E-state index contributed by atoms with van der Waals surface area (Å²) >= 11 is 0. The Bertz CT molecular complexity index is 7550. The van der Waals surface area contributed by atoms with Crippen molar-refractivity contribution in [3.05, 3.63) is 78.1 Å². The third kappa shape index (κ3) is 3.04. The first-order chi connectivity index (χ1) is 43.7. The highest BCUT2D eigenvalue weighted by Gasteiger charge is 2.88. The topological polar surface area (TPSA) is 122 Å². The van der Waals surface area contributed by atoms with Gasteiger partial charge < -0.3 is 9.84 Å². The van der Waals surface area contributed by atoms with Crippen molar-refractivity contribution in [1.82, 2.24) is 0 Å². The zero-order valence-electron chi connectivity index (χ0n) is 52.4. The Kier molecular flexibility index (Phi) is 5.14. The maximum atomic E-state index is 16.7. The van der Waals surface area contributed by atoms with Crippen LogP contribution in [0.4, 0.5) is 0 Å². The van der Waals surface area contributed by atoms with Gasteiger partial charge in [-0.2, -0.15) is 0 Å². The summed E-state index contributed by atoms with van der Waals surface area (Å²) in [6, 6.07) is 0. The smallest absolute Gasteiger partial charge is 0.276 e. The lowest BCUT2D eigenvalue weighted by atomic mass is 9.50. The molecule has 21 aromatic carbocycles. The van der Waals surface area contributed by atoms with Crippen molar-refractivity contribution in [2.24, 2.45) is 0 Å². The molecule has 0 aromatic heterocycles. The van der Waals surface area contributed by atoms with E-state index in [1.165, 1.54) is 162 Å². The summed E-state index contributed by atoms with van der Waals surface area (Å²) in [5, 5.41) is 67.1. The van der Waals surface area contributed by atoms with E-state index in [9.17, 15) is 0 Å². The van der Waals surface area contributed by atoms with Crippen LogP contribution < -0.4 is 0 Å². The summed E-state index contributed by atoms with van der Waals surface area (Å²) in [6.45, 7) is 30.7. The van der Waals surface area contributed by atoms with Crippen molar-refractivity contribution in [2.45, 2.75) is 166 Å². The van der Waals surface area contributed by atoms with Gasteiger partial charge in [0.25, 0.3) is 5.79 Å². The summed E-state index contributed by atoms with van der Waals surface area (Å²) < 4.78 is 8.65. The molecule has 1 N–H and O–H groups in total. The van der Waals surface area contributed by atoms with Crippen molar-refractivity contribution in [2.75, 3.05) is 0 Å². The van der Waals surface area contributed by atoms with Crippen molar-refractivity contribution in [1.29, 1.82) is 0 Å². The van der Waals surface area contributed by atoms with Gasteiger partial charge in [0.1, 0.15) is 0 Å². The van der Waals surface area contributed by atoms with Crippen molar-refractivity contribution < 1.29 is 58.7 Å². The minimum absolute atomic E-state index is 0.320. The molecule has 9 aliphatic carbocycles. The van der Waals surface area contributed by atoms with E-state index in [4.69, 9.17) is 53.6 Å². The number of fused-ring (bicyclic) bond motifs is 5. The molecule has 12 heteroatoms. The Morgan fingerprint density at radius 2 is 0.424 bits per heavy atom. The molecule has 10 aliphatic rings. The molecule has 0 radical (unpaired) electrons. The molecule has 12 nitrogen and oxygen atoms in total. The highest BCUT2D eigenvalue weighted by Crippen LogP contribution is 2.90. The lowest BCUT2D eigenvalue weighted by Crippen LogP contribution is -2.69. The van der Waals surface area contributed by atoms with E-state index < -0.39 is 61.8 Å². The van der Waals surface area contributed by atoms with Crippen LogP contribution in [0.25, 0.3) is 215 Å². The van der Waals surface area contributed by atoms with E-state index in [1.807, 2.05) is 62.3 Å². The summed E-state index contributed by atoms with van der Waals surface area (Å²) in [7, 11) is 0. The quantitative estimate of drug-likeness (QED) is 0.0797. The first kappa shape index (κ1) is 44.8. The fraction of sp³-hybridized carbons (Fsp3) is 0.325. The largest absolute Gasteiger partial charge is 0.454 e. The molecule has 1 aliphatic heterocycles. The van der Waals surface area contributed by atoms with Crippen LogP contribution in [0.5, 0.6) is 0 Å². The van der Waals surface area contributed by atoms with Crippen LogP contribution in [0.3, 0.4) is 0 Å². The molecule has 6 atom stereocenters. The second kappa shape index (κ2) is 10.6. The summed E-state index contributed by atoms with van der Waals surface area (Å²) in [5.41, 5.74) is -3.09. The standard InChI is InChI=1S/C80H46O12/c1-70(2,3)83-88-75-56-46-36-26-21-16-17-19-20-18(16)23-29-27(21)37(36)47-49-39(29)41-31(23)33-25(20)35-34-24(19)32-30-22(17)28(26)38-40(30)50-52-42(32)44(34)54-55-45(35)43(33)53-51(41)61-59(49)76(57(47)56,89-84-71(4,5)6)67-66(75)68-77(90-85-72(7,8)9,60(50)58(75)48(38)46)62(52)64(54)79(92-87-74(13,14)15)65(55)63(53)78(61,91-86-73(10,11)12)69(67)82-80(68,79)81/h81H,1-15H3/t75-,76+,77-,78+,79-,80+/m0/s1. The number of hydrogen-bond acceptors (Lipinski definition) is 12. The molecule has 0 bridgehead atoms. The molecule has 438 valence electrons. The third-order valence-electron chi connectivity index (χ3n) is 26.3. The maximum Gasteiger partial charge on any atom is 0.276 e. The fourth-order valence-electron chi connectivity index (χ4n) is 25.5. The Morgan fingerprint density at radius 3 is 0.717 bits per heavy atom. The third-order valence-corrected chi connectivity index (χ3v) is 26.3. The Hall–Kier alpha value is -7.66. The van der Waals surface area contributed by atoms with Gasteiger partial charge in [0.05, 0.1) is 33.6 Å². The second-order valence-electron chi connectivity index (χ2n) is 35.8. The van der Waals surface area contributed by atoms with Crippen LogP contribution in [0.2, 0.25) is 0 Å². The Balaban J connectivity index is 1.05. The van der Waals surface area contributed by atoms with Gasteiger partial charge in [0.15, 0.2) is 22.6 Å². The number of aliphatic hydroxyl groups is 1. The zero-order chi connectivity index (χ0) is 60.5. The van der Waals surface area contributed by atoms with Crippen LogP contribution >= 0.6 is 0 Å². The van der Waals surface area contributed by atoms with Gasteiger partial charge in [-0.15, -0.1) is 0 Å². The molecule has 0 spiro atoms. The lowest BCUT2D eigenvalue weighted by Gasteiger charge is -2.62. The van der Waals surface area contributed by atoms with Crippen LogP contribution in [0, 0.1) is 0 Å². The molecular formula is C80H46O12. The lowest BCUT2D eigenvalue weighted by molar-refractivity contribution is -0.459. The molecule has 21 aromatic rings. The molecule has 92 heavy (non-hydrogen) atoms. The zero-order valence-corrected chi connectivity index (χ0v) is 52.4. The van der Waals surface area contributed by atoms with E-state index >= 15 is 5.11 Å². The van der Waals surface area contributed by atoms with E-state index in [2.05, 4.69) is 41.5 Å². The molecule has 1 heterocycles. The molecule has 0 fully saturated rings. The van der Waals surface area contributed by atoms with Crippen LogP contribution in [0.15, 0.2) is 22.5 Å². The van der Waals surface area contributed by atoms with E-state index in [1.54, 1.807) is 0 Å². The van der Waals surface area contributed by atoms with Crippen LogP contribution in [-0.4, -0.2) is 38.9 Å². The molecule has 0 amide bonds. The fourth-order valence-corrected chi connectivity index (χ4v) is 25.5. The summed E-state index contributed by atoms with van der Waals surface area (Å²) in [5.74, 6) is -2.29. The number of hydrogen-bond donors (Lipinski definition) is 1. The number of rotatable bonds is 10. The molecule has 0 saturated carbocycles. The first-order valence-electron chi connectivity index (χ1n) is 33.3. The van der Waals surface area contributed by atoms with Gasteiger partial charge >= 0.3 is 0 Å². The van der Waals surface area contributed by atoms with Gasteiger partial charge in [-0.05, 0) is 319 Å². The molecule has 0 saturated heterocycles. The van der Waals surface area contributed by atoms with Crippen molar-refractivity contribution in [3.63, 3.8) is 0 Å². The van der Waals surface area contributed by atoms with E-state index in [-0.39, 0.29) is 0 Å². The van der Waals surface area contributed by atoms with E-state index in [0.717, 1.165) is 109 Å². The average Bonchev–Trinajstić information content (AvgIpc) is 1.38. The van der Waals surface area contributed by atoms with E-state index in [0.29, 0.717) is 22.5 Å². The Labute approximate surface area is 515 Å². The van der Waals surface area contributed by atoms with Crippen LogP contribution in [0.1, 0.15) is 159 Å². The second-order valence-corrected chi connectivity index (χ2v) is 35.8. The van der Waals surface area contributed by atoms with Gasteiger partial charge in [0.2, 0.25) is 11.2 Å². The molecule has 0 unspecified atom stereocenters. The van der Waals surface area contributed by atoms with Gasteiger partial charge in [-0.25, -0.2) is 48.9 Å². The monoisotopic (exact) mass is 1200 g/mol. The minimum Gasteiger partial charge on any atom is -0.454 e.